The Balaban J connectivity index is 1.71. The van der Waals surface area contributed by atoms with E-state index in [-0.39, 0.29) is 11.9 Å². The van der Waals surface area contributed by atoms with E-state index in [9.17, 15) is 4.79 Å². The van der Waals surface area contributed by atoms with Gasteiger partial charge in [-0.1, -0.05) is 24.3 Å². The third kappa shape index (κ3) is 3.98. The first-order chi connectivity index (χ1) is 18.3. The second-order valence-corrected chi connectivity index (χ2v) is 9.79. The van der Waals surface area contributed by atoms with Crippen LogP contribution in [0.25, 0.3) is 0 Å². The number of aryl methyl sites for hydroxylation is 1. The van der Waals surface area contributed by atoms with E-state index in [1.807, 2.05) is 61.2 Å². The van der Waals surface area contributed by atoms with E-state index in [2.05, 4.69) is 0 Å². The third-order valence-corrected chi connectivity index (χ3v) is 7.43. The predicted molar refractivity (Wildman–Crippen MR) is 148 cm³/mol. The number of carbonyl (C=O) groups is 1. The Morgan fingerprint density at radius 3 is 2.21 bits per heavy atom. The quantitative estimate of drug-likeness (QED) is 0.383. The maximum Gasteiger partial charge on any atom is 0.260 e. The van der Waals surface area contributed by atoms with Crippen LogP contribution < -0.4 is 28.6 Å². The minimum Gasteiger partial charge on any atom is -0.493 e. The Bertz CT molecular complexity index is 1400. The van der Waals surface area contributed by atoms with Crippen molar-refractivity contribution in [2.75, 3.05) is 33.3 Å². The third-order valence-electron chi connectivity index (χ3n) is 7.05. The summed E-state index contributed by atoms with van der Waals surface area (Å²) in [5.41, 5.74) is 2.22. The number of hydrogen-bond donors (Lipinski definition) is 0. The summed E-state index contributed by atoms with van der Waals surface area (Å²) in [6, 6.07) is 16.6. The van der Waals surface area contributed by atoms with Crippen molar-refractivity contribution in [1.82, 2.24) is 4.90 Å². The van der Waals surface area contributed by atoms with Crippen molar-refractivity contribution in [2.24, 2.45) is 0 Å². The van der Waals surface area contributed by atoms with E-state index in [0.717, 1.165) is 16.8 Å². The molecule has 0 aliphatic carbocycles. The second-order valence-electron chi connectivity index (χ2n) is 9.42. The smallest absolute Gasteiger partial charge is 0.260 e. The lowest BCUT2D eigenvalue weighted by atomic mass is 9.88. The van der Waals surface area contributed by atoms with E-state index in [1.165, 1.54) is 21.3 Å². The molecule has 1 fully saturated rings. The van der Waals surface area contributed by atoms with Crippen LogP contribution in [-0.4, -0.2) is 50.1 Å². The standard InChI is InChI=1S/C29H30N2O6S/c1-17-9-7-10-19(13-17)31-28(38)30(27(32)18-14-23(34-4)26(36-6)24(15-18)35-5)21-16-29(31,2)37-25-20(21)11-8-12-22(25)33-3/h7-15,21H,16H2,1-6H3/t21-,29+/m1/s1. The van der Waals surface area contributed by atoms with Crippen LogP contribution in [0.4, 0.5) is 5.69 Å². The molecule has 0 spiro atoms. The Kier molecular flexibility index (Phi) is 6.56. The molecule has 0 radical (unpaired) electrons. The summed E-state index contributed by atoms with van der Waals surface area (Å²) >= 11 is 6.07. The molecule has 2 aliphatic heterocycles. The van der Waals surface area contributed by atoms with Gasteiger partial charge in [0.25, 0.3) is 5.91 Å². The van der Waals surface area contributed by atoms with Crippen LogP contribution in [0.3, 0.4) is 0 Å². The Morgan fingerprint density at radius 1 is 0.947 bits per heavy atom. The number of carbonyl (C=O) groups excluding carboxylic acids is 1. The number of hydrogen-bond acceptors (Lipinski definition) is 7. The van der Waals surface area contributed by atoms with Gasteiger partial charge >= 0.3 is 0 Å². The Labute approximate surface area is 227 Å². The van der Waals surface area contributed by atoms with Crippen LogP contribution in [0.1, 0.15) is 40.9 Å². The second kappa shape index (κ2) is 9.72. The molecule has 3 aromatic carbocycles. The van der Waals surface area contributed by atoms with Crippen molar-refractivity contribution < 1.29 is 28.5 Å². The van der Waals surface area contributed by atoms with Gasteiger partial charge in [-0.15, -0.1) is 0 Å². The summed E-state index contributed by atoms with van der Waals surface area (Å²) in [6.07, 6.45) is 0.484. The first-order valence-corrected chi connectivity index (χ1v) is 12.6. The molecule has 2 heterocycles. The largest absolute Gasteiger partial charge is 0.493 e. The van der Waals surface area contributed by atoms with Gasteiger partial charge < -0.3 is 23.7 Å². The highest BCUT2D eigenvalue weighted by atomic mass is 32.1. The number of amides is 1. The van der Waals surface area contributed by atoms with Gasteiger partial charge in [0.2, 0.25) is 5.75 Å². The van der Waals surface area contributed by atoms with Crippen molar-refractivity contribution in [2.45, 2.75) is 32.0 Å². The first-order valence-electron chi connectivity index (χ1n) is 12.2. The van der Waals surface area contributed by atoms with Crippen LogP contribution in [0.5, 0.6) is 28.7 Å². The number of para-hydroxylation sites is 1. The molecule has 3 aromatic rings. The highest BCUT2D eigenvalue weighted by Crippen LogP contribution is 2.53. The topological polar surface area (TPSA) is 69.7 Å². The highest BCUT2D eigenvalue weighted by Gasteiger charge is 2.54. The molecule has 2 aliphatic rings. The van der Waals surface area contributed by atoms with Gasteiger partial charge in [-0.3, -0.25) is 14.6 Å². The van der Waals surface area contributed by atoms with E-state index >= 15 is 0 Å². The summed E-state index contributed by atoms with van der Waals surface area (Å²) in [5.74, 6) is 2.06. The molecule has 0 aromatic heterocycles. The minimum atomic E-state index is -0.858. The maximum absolute atomic E-state index is 14.3. The number of fused-ring (bicyclic) bond motifs is 4. The average Bonchev–Trinajstić information content (AvgIpc) is 2.91. The molecule has 0 unspecified atom stereocenters. The lowest BCUT2D eigenvalue weighted by Crippen LogP contribution is -2.67. The summed E-state index contributed by atoms with van der Waals surface area (Å²) < 4.78 is 28.8. The van der Waals surface area contributed by atoms with Gasteiger partial charge in [-0.25, -0.2) is 0 Å². The fraction of sp³-hybridized carbons (Fsp3) is 0.310. The molecule has 1 amide bonds. The Morgan fingerprint density at radius 2 is 1.61 bits per heavy atom. The maximum atomic E-state index is 14.3. The number of benzene rings is 3. The number of methoxy groups -OCH3 is 4. The lowest BCUT2D eigenvalue weighted by molar-refractivity contribution is 0.0162. The molecule has 1 saturated heterocycles. The van der Waals surface area contributed by atoms with Gasteiger partial charge in [0, 0.05) is 23.2 Å². The molecule has 9 heteroatoms. The highest BCUT2D eigenvalue weighted by molar-refractivity contribution is 7.80. The van der Waals surface area contributed by atoms with Crippen LogP contribution in [-0.2, 0) is 0 Å². The predicted octanol–water partition coefficient (Wildman–Crippen LogP) is 5.52. The van der Waals surface area contributed by atoms with Crippen LogP contribution in [0, 0.1) is 6.92 Å². The van der Waals surface area contributed by atoms with Crippen LogP contribution >= 0.6 is 12.2 Å². The number of thiocarbonyl (C=S) groups is 1. The molecule has 2 atom stereocenters. The van der Waals surface area contributed by atoms with E-state index in [4.69, 9.17) is 35.9 Å². The molecule has 0 saturated carbocycles. The van der Waals surface area contributed by atoms with E-state index in [0.29, 0.717) is 45.8 Å². The van der Waals surface area contributed by atoms with Gasteiger partial charge in [-0.2, -0.15) is 0 Å². The van der Waals surface area contributed by atoms with Crippen molar-refractivity contribution in [3.63, 3.8) is 0 Å². The van der Waals surface area contributed by atoms with Gasteiger partial charge in [-0.05, 0) is 62.0 Å². The molecule has 38 heavy (non-hydrogen) atoms. The molecular weight excluding hydrogens is 504 g/mol. The first kappa shape index (κ1) is 25.7. The van der Waals surface area contributed by atoms with E-state index in [1.54, 1.807) is 24.1 Å². The molecule has 8 nitrogen and oxygen atoms in total. The number of rotatable bonds is 6. The number of ether oxygens (including phenoxy) is 5. The van der Waals surface area contributed by atoms with Crippen molar-refractivity contribution >= 4 is 28.9 Å². The van der Waals surface area contributed by atoms with Gasteiger partial charge in [0.15, 0.2) is 33.8 Å². The fourth-order valence-corrected chi connectivity index (χ4v) is 5.84. The van der Waals surface area contributed by atoms with E-state index < -0.39 is 5.72 Å². The molecule has 2 bridgehead atoms. The Hall–Kier alpha value is -3.98. The average molecular weight is 535 g/mol. The molecule has 198 valence electrons. The monoisotopic (exact) mass is 534 g/mol. The fourth-order valence-electron chi connectivity index (χ4n) is 5.33. The molecule has 5 rings (SSSR count). The SMILES string of the molecule is COc1cc(C(=O)N2C(=S)N(c3cccc(C)c3)[C@]3(C)C[C@@H]2c2cccc(OC)c2O3)cc(OC)c1OC. The van der Waals surface area contributed by atoms with Crippen molar-refractivity contribution in [3.8, 4) is 28.7 Å². The lowest BCUT2D eigenvalue weighted by Gasteiger charge is -2.55. The summed E-state index contributed by atoms with van der Waals surface area (Å²) in [7, 11) is 6.16. The zero-order chi connectivity index (χ0) is 27.2. The molecular formula is C29H30N2O6S. The van der Waals surface area contributed by atoms with Crippen LogP contribution in [0.15, 0.2) is 54.6 Å². The van der Waals surface area contributed by atoms with Crippen molar-refractivity contribution in [1.29, 1.82) is 0 Å². The minimum absolute atomic E-state index is 0.297. The van der Waals surface area contributed by atoms with Gasteiger partial charge in [0.1, 0.15) is 0 Å². The normalized spacial score (nSPS) is 19.8. The summed E-state index contributed by atoms with van der Waals surface area (Å²) in [6.45, 7) is 4.01. The number of nitrogens with zero attached hydrogens (tertiary/aromatic N) is 2. The van der Waals surface area contributed by atoms with Gasteiger partial charge in [0.05, 0.1) is 34.5 Å². The summed E-state index contributed by atoms with van der Waals surface area (Å²) in [4.78, 5) is 17.9. The molecule has 0 N–H and O–H groups in total. The van der Waals surface area contributed by atoms with Crippen LogP contribution in [0.2, 0.25) is 0 Å². The summed E-state index contributed by atoms with van der Waals surface area (Å²) in [5, 5.41) is 0.335. The van der Waals surface area contributed by atoms with Crippen molar-refractivity contribution in [3.05, 3.63) is 71.3 Å². The number of anilines is 1. The zero-order valence-corrected chi connectivity index (χ0v) is 23.0. The zero-order valence-electron chi connectivity index (χ0n) is 22.2.